The fourth-order valence-corrected chi connectivity index (χ4v) is 3.11. The maximum atomic E-state index is 12.8. The van der Waals surface area contributed by atoms with Gasteiger partial charge in [0.2, 0.25) is 5.91 Å². The van der Waals surface area contributed by atoms with Crippen LogP contribution in [0.25, 0.3) is 0 Å². The highest BCUT2D eigenvalue weighted by molar-refractivity contribution is 6.01. The third kappa shape index (κ3) is 4.48. The third-order valence-electron chi connectivity index (χ3n) is 4.51. The predicted octanol–water partition coefficient (Wildman–Crippen LogP) is 4.29. The number of rotatable bonds is 5. The van der Waals surface area contributed by atoms with Crippen LogP contribution in [-0.2, 0) is 16.1 Å². The number of hydrogen-bond acceptors (Lipinski definition) is 3. The Morgan fingerprint density at radius 2 is 1.89 bits per heavy atom. The van der Waals surface area contributed by atoms with E-state index in [9.17, 15) is 9.59 Å². The number of nitrogens with one attached hydrogen (secondary N) is 1. The molecule has 0 spiro atoms. The van der Waals surface area contributed by atoms with Gasteiger partial charge in [0.25, 0.3) is 5.91 Å². The van der Waals surface area contributed by atoms with E-state index in [2.05, 4.69) is 5.32 Å². The Morgan fingerprint density at radius 1 is 1.19 bits per heavy atom. The highest BCUT2D eigenvalue weighted by Gasteiger charge is 2.31. The molecule has 2 amide bonds. The van der Waals surface area contributed by atoms with E-state index >= 15 is 0 Å². The van der Waals surface area contributed by atoms with Gasteiger partial charge in [-0.3, -0.25) is 9.59 Å². The summed E-state index contributed by atoms with van der Waals surface area (Å²) in [4.78, 5) is 26.6. The zero-order valence-electron chi connectivity index (χ0n) is 16.3. The van der Waals surface area contributed by atoms with Crippen molar-refractivity contribution in [1.29, 1.82) is 0 Å². The van der Waals surface area contributed by atoms with Gasteiger partial charge in [-0.2, -0.15) is 0 Å². The minimum Gasteiger partial charge on any atom is -0.479 e. The highest BCUT2D eigenvalue weighted by atomic mass is 16.5. The number of ether oxygens (including phenoxy) is 1. The molecule has 5 nitrogen and oxygen atoms in total. The number of amides is 2. The fraction of sp³-hybridized carbons (Fsp3) is 0.364. The largest absolute Gasteiger partial charge is 0.479 e. The second-order valence-electron chi connectivity index (χ2n) is 7.50. The molecule has 2 aromatic carbocycles. The van der Waals surface area contributed by atoms with Crippen molar-refractivity contribution in [3.63, 3.8) is 0 Å². The van der Waals surface area contributed by atoms with Crippen molar-refractivity contribution in [2.24, 2.45) is 5.92 Å². The SMILES string of the molecule is Cc1ccc(CN2C(=O)C(C)Oc3ccc(NC(=O)CC(C)C)cc32)cc1. The standard InChI is InChI=1S/C22H26N2O3/c1-14(2)11-21(25)23-18-9-10-20-19(12-18)24(22(26)16(4)27-20)13-17-7-5-15(3)6-8-17/h5-10,12,14,16H,11,13H2,1-4H3,(H,23,25). The number of benzene rings is 2. The minimum atomic E-state index is -0.538. The van der Waals surface area contributed by atoms with Crippen LogP contribution in [0.3, 0.4) is 0 Å². The molecule has 1 N–H and O–H groups in total. The van der Waals surface area contributed by atoms with E-state index in [0.717, 1.165) is 5.56 Å². The maximum Gasteiger partial charge on any atom is 0.268 e. The molecule has 27 heavy (non-hydrogen) atoms. The number of aryl methyl sites for hydroxylation is 1. The van der Waals surface area contributed by atoms with Gasteiger partial charge in [0.05, 0.1) is 12.2 Å². The van der Waals surface area contributed by atoms with Crippen LogP contribution in [0.1, 0.15) is 38.3 Å². The van der Waals surface area contributed by atoms with Gasteiger partial charge in [0.1, 0.15) is 5.75 Å². The second-order valence-corrected chi connectivity index (χ2v) is 7.50. The van der Waals surface area contributed by atoms with Crippen molar-refractivity contribution in [2.75, 3.05) is 10.2 Å². The van der Waals surface area contributed by atoms with Gasteiger partial charge in [-0.05, 0) is 43.5 Å². The van der Waals surface area contributed by atoms with Gasteiger partial charge in [-0.15, -0.1) is 0 Å². The van der Waals surface area contributed by atoms with E-state index in [4.69, 9.17) is 4.74 Å². The molecule has 0 aromatic heterocycles. The Bertz CT molecular complexity index is 843. The number of carbonyl (C=O) groups is 2. The summed E-state index contributed by atoms with van der Waals surface area (Å²) in [5.41, 5.74) is 3.57. The lowest BCUT2D eigenvalue weighted by Crippen LogP contribution is -2.44. The van der Waals surface area contributed by atoms with Crippen LogP contribution in [-0.4, -0.2) is 17.9 Å². The summed E-state index contributed by atoms with van der Waals surface area (Å²) in [5.74, 6) is 0.808. The van der Waals surface area contributed by atoms with Crippen LogP contribution in [0, 0.1) is 12.8 Å². The molecule has 5 heteroatoms. The molecule has 0 saturated carbocycles. The lowest BCUT2D eigenvalue weighted by atomic mass is 10.1. The Morgan fingerprint density at radius 3 is 2.56 bits per heavy atom. The number of carbonyl (C=O) groups excluding carboxylic acids is 2. The van der Waals surface area contributed by atoms with Gasteiger partial charge in [-0.1, -0.05) is 43.7 Å². The molecular formula is C22H26N2O3. The highest BCUT2D eigenvalue weighted by Crippen LogP contribution is 2.37. The van der Waals surface area contributed by atoms with Crippen LogP contribution in [0.2, 0.25) is 0 Å². The Kier molecular flexibility index (Phi) is 5.49. The van der Waals surface area contributed by atoms with Crippen LogP contribution in [0.15, 0.2) is 42.5 Å². The number of anilines is 2. The summed E-state index contributed by atoms with van der Waals surface area (Å²) < 4.78 is 5.75. The molecule has 0 bridgehead atoms. The molecule has 1 unspecified atom stereocenters. The van der Waals surface area contributed by atoms with Crippen LogP contribution in [0.4, 0.5) is 11.4 Å². The van der Waals surface area contributed by atoms with Gasteiger partial charge < -0.3 is 15.0 Å². The first-order valence-electron chi connectivity index (χ1n) is 9.31. The maximum absolute atomic E-state index is 12.8. The lowest BCUT2D eigenvalue weighted by Gasteiger charge is -2.33. The summed E-state index contributed by atoms with van der Waals surface area (Å²) in [6.45, 7) is 8.26. The molecular weight excluding hydrogens is 340 g/mol. The monoisotopic (exact) mass is 366 g/mol. The molecule has 2 aromatic rings. The van der Waals surface area contributed by atoms with Crippen molar-refractivity contribution in [3.8, 4) is 5.75 Å². The minimum absolute atomic E-state index is 0.0357. The number of hydrogen-bond donors (Lipinski definition) is 1. The van der Waals surface area contributed by atoms with Crippen LogP contribution < -0.4 is 15.0 Å². The fourth-order valence-electron chi connectivity index (χ4n) is 3.11. The first kappa shape index (κ1) is 19.0. The Balaban J connectivity index is 1.88. The number of fused-ring (bicyclic) bond motifs is 1. The third-order valence-corrected chi connectivity index (χ3v) is 4.51. The van der Waals surface area contributed by atoms with Gasteiger partial charge >= 0.3 is 0 Å². The zero-order chi connectivity index (χ0) is 19.6. The average molecular weight is 366 g/mol. The van der Waals surface area contributed by atoms with Gasteiger partial charge in [0, 0.05) is 12.1 Å². The van der Waals surface area contributed by atoms with E-state index in [1.165, 1.54) is 5.56 Å². The van der Waals surface area contributed by atoms with Gasteiger partial charge in [-0.25, -0.2) is 0 Å². The predicted molar refractivity (Wildman–Crippen MR) is 107 cm³/mol. The van der Waals surface area contributed by atoms with E-state index in [0.29, 0.717) is 30.1 Å². The quantitative estimate of drug-likeness (QED) is 0.859. The normalized spacial score (nSPS) is 16.1. The molecule has 0 aliphatic carbocycles. The first-order chi connectivity index (χ1) is 12.8. The smallest absolute Gasteiger partial charge is 0.268 e. The molecule has 1 heterocycles. The molecule has 1 aliphatic heterocycles. The van der Waals surface area contributed by atoms with Crippen molar-refractivity contribution in [1.82, 2.24) is 0 Å². The van der Waals surface area contributed by atoms with E-state index in [-0.39, 0.29) is 17.7 Å². The topological polar surface area (TPSA) is 58.6 Å². The van der Waals surface area contributed by atoms with Crippen LogP contribution in [0.5, 0.6) is 5.75 Å². The molecule has 0 fully saturated rings. The molecule has 3 rings (SSSR count). The summed E-state index contributed by atoms with van der Waals surface area (Å²) in [6.07, 6.45) is -0.0827. The van der Waals surface area contributed by atoms with Crippen molar-refractivity contribution < 1.29 is 14.3 Å². The first-order valence-corrected chi connectivity index (χ1v) is 9.31. The second kappa shape index (κ2) is 7.82. The van der Waals surface area contributed by atoms with Crippen molar-refractivity contribution in [2.45, 2.75) is 46.8 Å². The van der Waals surface area contributed by atoms with Crippen molar-refractivity contribution in [3.05, 3.63) is 53.6 Å². The van der Waals surface area contributed by atoms with E-state index < -0.39 is 6.10 Å². The van der Waals surface area contributed by atoms with Gasteiger partial charge in [0.15, 0.2) is 6.10 Å². The number of nitrogens with zero attached hydrogens (tertiary/aromatic N) is 1. The Labute approximate surface area is 160 Å². The summed E-state index contributed by atoms with van der Waals surface area (Å²) in [5, 5.41) is 2.91. The van der Waals surface area contributed by atoms with Crippen molar-refractivity contribution >= 4 is 23.2 Å². The molecule has 1 aliphatic rings. The summed E-state index contributed by atoms with van der Waals surface area (Å²) in [7, 11) is 0. The lowest BCUT2D eigenvalue weighted by molar-refractivity contribution is -0.125. The molecule has 142 valence electrons. The summed E-state index contributed by atoms with van der Waals surface area (Å²) in [6, 6.07) is 13.5. The van der Waals surface area contributed by atoms with E-state index in [1.807, 2.05) is 63.2 Å². The molecule has 0 saturated heterocycles. The van der Waals surface area contributed by atoms with Crippen LogP contribution >= 0.6 is 0 Å². The average Bonchev–Trinajstić information content (AvgIpc) is 2.60. The summed E-state index contributed by atoms with van der Waals surface area (Å²) >= 11 is 0. The molecule has 0 radical (unpaired) electrons. The molecule has 1 atom stereocenters. The zero-order valence-corrected chi connectivity index (χ0v) is 16.3. The van der Waals surface area contributed by atoms with E-state index in [1.54, 1.807) is 11.8 Å². The Hall–Kier alpha value is -2.82.